The lowest BCUT2D eigenvalue weighted by Crippen LogP contribution is -2.21. The van der Waals surface area contributed by atoms with Crippen LogP contribution in [-0.2, 0) is 43.4 Å². The number of hydrogen-bond donors (Lipinski definition) is 3. The molecule has 450 valence electrons. The van der Waals surface area contributed by atoms with Gasteiger partial charge in [0.15, 0.2) is 25.0 Å². The minimum atomic E-state index is -0.0174. The second-order valence-electron chi connectivity index (χ2n) is 28.3. The highest BCUT2D eigenvalue weighted by Crippen LogP contribution is 2.26. The number of H-pyrrole nitrogens is 3. The summed E-state index contributed by atoms with van der Waals surface area (Å²) >= 11 is 0. The molecule has 3 N–H and O–H groups in total. The van der Waals surface area contributed by atoms with Gasteiger partial charge in [-0.2, -0.15) is 30.6 Å². The number of aromatic nitrogens is 15. The predicted octanol–water partition coefficient (Wildman–Crippen LogP) is 14.9. The molecule has 81 heavy (non-hydrogen) atoms. The Morgan fingerprint density at radius 2 is 1.19 bits per heavy atom. The number of hydrogen-bond acceptors (Lipinski definition) is 16. The van der Waals surface area contributed by atoms with Gasteiger partial charge in [-0.1, -0.05) is 177 Å². The standard InChI is InChI=1S/C8H13N.2C7H12N2.3C7H11NO.2C6H11N3.C6H10N2O/c1-8(2,3)7-4-5-9-6-7;1-7(2,3)6-4-8-5-9-6;1-7(2,3)9-6-4-5-8-9;1-7(2,3)6-4-9-5-8-6;1-7(2,3)6-4-8-5-9-6;1-7(2,3)6-8-4-5-9-6;1-6(2,3)5-7-4-8-9-5;1-6(2,3)5-4-7-9-8-5;1-6(2,3)5-7-4-8-9-5/h4,6H,5H2,1-3H3;4-5H,1-3H3,(H,8,9);4-6H,1-3H3;3*4-5H,1-3H3;2*4H,1-3H3,(H,7,8,9);4H,1-3H3. The fourth-order valence-electron chi connectivity index (χ4n) is 5.58. The fourth-order valence-corrected chi connectivity index (χ4v) is 5.58. The SMILES string of the molecule is CC(C)(C)C1=CCN=C1.CC(C)(C)c1cn[nH]n1.CC(C)(C)c1cnc[nH]1.CC(C)(C)c1cnco1.CC(C)(C)c1cocn1.CC(C)(C)c1ncco1.CC(C)(C)c1ncn[nH]1.CC(C)(C)c1ncno1.CC(C)(C)n1cccn1. The van der Waals surface area contributed by atoms with E-state index in [0.29, 0.717) is 11.3 Å². The third-order valence-electron chi connectivity index (χ3n) is 10.8. The molecule has 0 atom stereocenters. The van der Waals surface area contributed by atoms with Crippen molar-refractivity contribution < 1.29 is 17.8 Å². The van der Waals surface area contributed by atoms with Crippen LogP contribution in [0.4, 0.5) is 0 Å². The minimum absolute atomic E-state index is 0.0174. The van der Waals surface area contributed by atoms with Crippen LogP contribution in [-0.4, -0.2) is 88.2 Å². The van der Waals surface area contributed by atoms with Gasteiger partial charge in [-0.15, -0.1) is 0 Å². The maximum absolute atomic E-state index is 5.09. The van der Waals surface area contributed by atoms with Crippen LogP contribution in [0.3, 0.4) is 0 Å². The number of aromatic amines is 3. The summed E-state index contributed by atoms with van der Waals surface area (Å²) in [6.45, 7) is 57.8. The normalized spacial score (nSPS) is 12.6. The van der Waals surface area contributed by atoms with Gasteiger partial charge in [-0.3, -0.25) is 14.8 Å². The second-order valence-corrected chi connectivity index (χ2v) is 28.3. The van der Waals surface area contributed by atoms with E-state index in [0.717, 1.165) is 35.4 Å². The molecule has 1 aliphatic rings. The van der Waals surface area contributed by atoms with Crippen molar-refractivity contribution in [2.24, 2.45) is 10.4 Å². The fraction of sp³-hybridized carbons (Fsp3) is 0.607. The van der Waals surface area contributed by atoms with Crippen molar-refractivity contribution in [1.29, 1.82) is 0 Å². The third-order valence-corrected chi connectivity index (χ3v) is 10.8. The summed E-state index contributed by atoms with van der Waals surface area (Å²) in [4.78, 5) is 30.9. The van der Waals surface area contributed by atoms with Crippen molar-refractivity contribution in [2.45, 2.75) is 230 Å². The van der Waals surface area contributed by atoms with Gasteiger partial charge in [-0.25, -0.2) is 24.9 Å². The topological polar surface area (TPSA) is 259 Å². The summed E-state index contributed by atoms with van der Waals surface area (Å²) in [5.74, 6) is 3.34. The summed E-state index contributed by atoms with van der Waals surface area (Å²) in [5.41, 5.74) is 5.63. The van der Waals surface area contributed by atoms with Crippen LogP contribution in [0.2, 0.25) is 0 Å². The maximum Gasteiger partial charge on any atom is 0.231 e. The number of nitrogens with one attached hydrogen (secondary N) is 3. The zero-order valence-corrected chi connectivity index (χ0v) is 54.4. The van der Waals surface area contributed by atoms with Crippen molar-refractivity contribution >= 4 is 6.21 Å². The summed E-state index contributed by atoms with van der Waals surface area (Å²) in [5, 5.41) is 24.4. The third kappa shape index (κ3) is 30.3. The molecular weight excluding hydrogens is 1020 g/mol. The molecule has 0 unspecified atom stereocenters. The highest BCUT2D eigenvalue weighted by molar-refractivity contribution is 5.82. The average molecular weight is 1120 g/mol. The molecule has 0 saturated carbocycles. The van der Waals surface area contributed by atoms with E-state index >= 15 is 0 Å². The number of rotatable bonds is 0. The Labute approximate surface area is 484 Å². The molecule has 20 heteroatoms. The Balaban J connectivity index is 0.000000456. The molecule has 20 nitrogen and oxygen atoms in total. The monoisotopic (exact) mass is 1120 g/mol. The van der Waals surface area contributed by atoms with E-state index in [1.807, 2.05) is 50.1 Å². The first kappa shape index (κ1) is 71.9. The summed E-state index contributed by atoms with van der Waals surface area (Å²) in [6, 6.07) is 1.94. The lowest BCUT2D eigenvalue weighted by Gasteiger charge is -2.18. The number of allylic oxidation sites excluding steroid dienone is 1. The van der Waals surface area contributed by atoms with Gasteiger partial charge in [0.25, 0.3) is 0 Å². The zero-order valence-electron chi connectivity index (χ0n) is 54.4. The highest BCUT2D eigenvalue weighted by atomic mass is 16.5. The van der Waals surface area contributed by atoms with E-state index in [-0.39, 0.29) is 43.4 Å². The molecule has 8 aromatic rings. The van der Waals surface area contributed by atoms with Crippen LogP contribution in [0.1, 0.15) is 227 Å². The molecule has 0 saturated heterocycles. The van der Waals surface area contributed by atoms with Crippen molar-refractivity contribution in [1.82, 2.24) is 75.4 Å². The van der Waals surface area contributed by atoms with Gasteiger partial charge in [0.2, 0.25) is 5.89 Å². The molecule has 8 aromatic heterocycles. The number of oxazole rings is 3. The maximum atomic E-state index is 5.09. The lowest BCUT2D eigenvalue weighted by atomic mass is 9.88. The summed E-state index contributed by atoms with van der Waals surface area (Å²) in [6.07, 6.45) is 25.8. The van der Waals surface area contributed by atoms with Gasteiger partial charge < -0.3 is 22.8 Å². The van der Waals surface area contributed by atoms with Gasteiger partial charge in [0, 0.05) is 68.4 Å². The first-order chi connectivity index (χ1) is 36.9. The first-order valence-electron chi connectivity index (χ1n) is 27.3. The van der Waals surface area contributed by atoms with E-state index in [4.69, 9.17) is 17.8 Å². The Bertz CT molecular complexity index is 2250. The molecule has 0 amide bonds. The molecule has 0 fully saturated rings. The Hall–Kier alpha value is -7.12. The Morgan fingerprint density at radius 3 is 1.41 bits per heavy atom. The van der Waals surface area contributed by atoms with E-state index in [1.54, 1.807) is 43.6 Å². The number of aliphatic imine (C=N–C) groups is 1. The van der Waals surface area contributed by atoms with Gasteiger partial charge in [-0.05, 0) is 37.8 Å². The average Bonchev–Trinajstić information content (AvgIpc) is 4.21. The lowest BCUT2D eigenvalue weighted by molar-refractivity contribution is 0.320. The van der Waals surface area contributed by atoms with Crippen molar-refractivity contribution in [2.75, 3.05) is 6.54 Å². The van der Waals surface area contributed by atoms with E-state index in [1.165, 1.54) is 36.7 Å². The molecule has 0 radical (unpaired) electrons. The quantitative estimate of drug-likeness (QED) is 0.128. The molecular formula is C61H102N16O4. The molecule has 0 bridgehead atoms. The molecule has 0 spiro atoms. The van der Waals surface area contributed by atoms with Crippen molar-refractivity contribution in [3.63, 3.8) is 0 Å². The van der Waals surface area contributed by atoms with Gasteiger partial charge >= 0.3 is 0 Å². The molecule has 0 aromatic carbocycles. The van der Waals surface area contributed by atoms with E-state index < -0.39 is 0 Å². The first-order valence-corrected chi connectivity index (χ1v) is 27.3. The predicted molar refractivity (Wildman–Crippen MR) is 324 cm³/mol. The summed E-state index contributed by atoms with van der Waals surface area (Å²) in [7, 11) is 0. The van der Waals surface area contributed by atoms with Crippen LogP contribution in [0, 0.1) is 5.41 Å². The van der Waals surface area contributed by atoms with Crippen LogP contribution >= 0.6 is 0 Å². The van der Waals surface area contributed by atoms with Crippen molar-refractivity contribution in [3.05, 3.63) is 140 Å². The molecule has 0 aliphatic carbocycles. The second kappa shape index (κ2) is 31.2. The minimum Gasteiger partial charge on any atom is -0.451 e. The molecule has 1 aliphatic heterocycles. The van der Waals surface area contributed by atoms with E-state index in [9.17, 15) is 0 Å². The van der Waals surface area contributed by atoms with Gasteiger partial charge in [0.05, 0.1) is 48.4 Å². The van der Waals surface area contributed by atoms with Gasteiger partial charge in [0.1, 0.15) is 30.4 Å². The zero-order chi connectivity index (χ0) is 62.2. The largest absolute Gasteiger partial charge is 0.451 e. The number of imidazole rings is 1. The van der Waals surface area contributed by atoms with E-state index in [2.05, 4.69) is 248 Å². The van der Waals surface area contributed by atoms with Crippen LogP contribution in [0.15, 0.2) is 122 Å². The molecule has 9 rings (SSSR count). The van der Waals surface area contributed by atoms with Crippen LogP contribution < -0.4 is 0 Å². The van der Waals surface area contributed by atoms with Crippen LogP contribution in [0.5, 0.6) is 0 Å². The number of nitrogens with zero attached hydrogens (tertiary/aromatic N) is 13. The smallest absolute Gasteiger partial charge is 0.231 e. The highest BCUT2D eigenvalue weighted by Gasteiger charge is 2.21. The van der Waals surface area contributed by atoms with Crippen molar-refractivity contribution in [3.8, 4) is 0 Å². The van der Waals surface area contributed by atoms with Crippen LogP contribution in [0.25, 0.3) is 0 Å². The Morgan fingerprint density at radius 1 is 0.543 bits per heavy atom. The Kier molecular flexibility index (Phi) is 27.7. The summed E-state index contributed by atoms with van der Waals surface area (Å²) < 4.78 is 21.8. The molecule has 9 heterocycles.